The van der Waals surface area contributed by atoms with Gasteiger partial charge in [-0.15, -0.1) is 10.2 Å². The molecule has 2 fully saturated rings. The Labute approximate surface area is 241 Å². The highest BCUT2D eigenvalue weighted by atomic mass is 19.4. The molecule has 2 aliphatic rings. The Morgan fingerprint density at radius 2 is 2.02 bits per heavy atom. The molecule has 1 aliphatic carbocycles. The number of aromatic nitrogens is 5. The van der Waals surface area contributed by atoms with Gasteiger partial charge in [-0.1, -0.05) is 25.1 Å². The number of pyridine rings is 1. The zero-order valence-electron chi connectivity index (χ0n) is 23.6. The zero-order chi connectivity index (χ0) is 29.6. The lowest BCUT2D eigenvalue weighted by atomic mass is 9.57. The Morgan fingerprint density at radius 1 is 1.21 bits per heavy atom. The molecule has 1 aromatic carbocycles. The van der Waals surface area contributed by atoms with Crippen molar-refractivity contribution in [2.45, 2.75) is 57.2 Å². The average Bonchev–Trinajstić information content (AvgIpc) is 3.36. The molecular weight excluding hydrogens is 543 g/mol. The molecule has 1 saturated heterocycles. The van der Waals surface area contributed by atoms with Crippen molar-refractivity contribution in [1.29, 1.82) is 5.26 Å². The summed E-state index contributed by atoms with van der Waals surface area (Å²) in [5.74, 6) is 1.46. The number of alkyl halides is 3. The number of nitriles is 1. The predicted molar refractivity (Wildman–Crippen MR) is 150 cm³/mol. The van der Waals surface area contributed by atoms with E-state index >= 15 is 0 Å². The first-order chi connectivity index (χ1) is 20.1. The van der Waals surface area contributed by atoms with Gasteiger partial charge in [0.15, 0.2) is 5.65 Å². The molecule has 0 unspecified atom stereocenters. The van der Waals surface area contributed by atoms with Crippen LogP contribution in [0, 0.1) is 23.2 Å². The first-order valence-electron chi connectivity index (χ1n) is 14.3. The third-order valence-electron chi connectivity index (χ3n) is 8.83. The number of piperidine rings is 1. The Kier molecular flexibility index (Phi) is 7.13. The fourth-order valence-electron chi connectivity index (χ4n) is 6.87. The van der Waals surface area contributed by atoms with Crippen LogP contribution in [0.25, 0.3) is 16.8 Å². The van der Waals surface area contributed by atoms with Crippen LogP contribution in [0.3, 0.4) is 0 Å². The maximum Gasteiger partial charge on any atom is 0.419 e. The molecule has 4 heterocycles. The molecule has 6 rings (SSSR count). The second-order valence-corrected chi connectivity index (χ2v) is 12.0. The molecule has 0 bridgehead atoms. The molecule has 0 N–H and O–H groups in total. The number of rotatable bonds is 6. The molecule has 8 nitrogen and oxygen atoms in total. The molecule has 0 radical (unpaired) electrons. The van der Waals surface area contributed by atoms with E-state index in [9.17, 15) is 23.2 Å². The number of benzene rings is 1. The first-order valence-corrected chi connectivity index (χ1v) is 14.3. The van der Waals surface area contributed by atoms with Gasteiger partial charge >= 0.3 is 6.18 Å². The zero-order valence-corrected chi connectivity index (χ0v) is 23.6. The van der Waals surface area contributed by atoms with E-state index in [2.05, 4.69) is 33.1 Å². The maximum absolute atomic E-state index is 14.2. The summed E-state index contributed by atoms with van der Waals surface area (Å²) in [4.78, 5) is 20.2. The molecule has 1 aliphatic heterocycles. The Bertz CT molecular complexity index is 1730. The van der Waals surface area contributed by atoms with Crippen LogP contribution in [0.2, 0.25) is 0 Å². The lowest BCUT2D eigenvalue weighted by molar-refractivity contribution is -0.136. The molecule has 3 aromatic heterocycles. The summed E-state index contributed by atoms with van der Waals surface area (Å²) in [5, 5.41) is 17.7. The van der Waals surface area contributed by atoms with Crippen molar-refractivity contribution >= 4 is 5.65 Å². The van der Waals surface area contributed by atoms with Crippen LogP contribution < -0.4 is 5.56 Å². The van der Waals surface area contributed by atoms with Gasteiger partial charge in [0.1, 0.15) is 12.2 Å². The molecule has 4 aromatic rings. The van der Waals surface area contributed by atoms with Crippen LogP contribution in [0.4, 0.5) is 13.2 Å². The minimum Gasteiger partial charge on any atom is -0.320 e. The van der Waals surface area contributed by atoms with E-state index in [0.717, 1.165) is 47.8 Å². The van der Waals surface area contributed by atoms with Crippen molar-refractivity contribution in [3.63, 3.8) is 0 Å². The Balaban J connectivity index is 1.43. The van der Waals surface area contributed by atoms with Crippen LogP contribution in [-0.4, -0.2) is 42.1 Å². The van der Waals surface area contributed by atoms with Crippen molar-refractivity contribution in [3.05, 3.63) is 81.9 Å². The number of nitrogens with zero attached hydrogens (tertiary/aromatic N) is 7. The fourth-order valence-corrected chi connectivity index (χ4v) is 6.87. The van der Waals surface area contributed by atoms with Crippen LogP contribution in [0.5, 0.6) is 0 Å². The largest absolute Gasteiger partial charge is 0.419 e. The van der Waals surface area contributed by atoms with Crippen LogP contribution >= 0.6 is 0 Å². The second kappa shape index (κ2) is 10.7. The van der Waals surface area contributed by atoms with E-state index in [1.165, 1.54) is 12.4 Å². The third-order valence-corrected chi connectivity index (χ3v) is 8.83. The van der Waals surface area contributed by atoms with E-state index in [4.69, 9.17) is 0 Å². The summed E-state index contributed by atoms with van der Waals surface area (Å²) < 4.78 is 45.4. The van der Waals surface area contributed by atoms with E-state index in [1.807, 2.05) is 29.8 Å². The van der Waals surface area contributed by atoms with E-state index in [1.54, 1.807) is 12.4 Å². The van der Waals surface area contributed by atoms with Gasteiger partial charge in [0.2, 0.25) is 0 Å². The number of hydrogen-bond donors (Lipinski definition) is 0. The SMILES string of the molecule is C[C@H]1CCCN(Cc2cc(C(F)(F)F)c3ncc(-c4cccc(C5(c6nncn6C)CC(CC#N)C5)c4)c(=O)n3c2)C1. The molecule has 11 heteroatoms. The van der Waals surface area contributed by atoms with Crippen molar-refractivity contribution < 1.29 is 13.2 Å². The molecule has 0 spiro atoms. The first kappa shape index (κ1) is 28.1. The predicted octanol–water partition coefficient (Wildman–Crippen LogP) is 5.35. The van der Waals surface area contributed by atoms with Crippen molar-refractivity contribution in [1.82, 2.24) is 29.0 Å². The normalized spacial score (nSPS) is 23.0. The summed E-state index contributed by atoms with van der Waals surface area (Å²) in [6.07, 6.45) is 3.68. The van der Waals surface area contributed by atoms with E-state index in [0.29, 0.717) is 42.9 Å². The number of aryl methyl sites for hydroxylation is 1. The fraction of sp³-hybridized carbons (Fsp3) is 0.452. The van der Waals surface area contributed by atoms with Gasteiger partial charge in [-0.3, -0.25) is 14.1 Å². The highest BCUT2D eigenvalue weighted by molar-refractivity contribution is 5.66. The number of likely N-dealkylation sites (tertiary alicyclic amines) is 1. The van der Waals surface area contributed by atoms with Gasteiger partial charge in [0.05, 0.1) is 22.6 Å². The molecule has 1 saturated carbocycles. The number of halogens is 3. The lowest BCUT2D eigenvalue weighted by Crippen LogP contribution is -2.44. The molecule has 1 atom stereocenters. The Hall–Kier alpha value is -4.04. The summed E-state index contributed by atoms with van der Waals surface area (Å²) >= 11 is 0. The van der Waals surface area contributed by atoms with Gasteiger partial charge in [-0.2, -0.15) is 18.4 Å². The van der Waals surface area contributed by atoms with Gasteiger partial charge < -0.3 is 4.57 Å². The van der Waals surface area contributed by atoms with Crippen LogP contribution in [0.1, 0.15) is 61.5 Å². The van der Waals surface area contributed by atoms with Gasteiger partial charge in [-0.05, 0) is 72.9 Å². The summed E-state index contributed by atoms with van der Waals surface area (Å²) in [6.45, 7) is 4.10. The maximum atomic E-state index is 14.2. The van der Waals surface area contributed by atoms with E-state index in [-0.39, 0.29) is 11.5 Å². The topological polar surface area (TPSA) is 92.1 Å². The number of hydrogen-bond acceptors (Lipinski definition) is 6. The van der Waals surface area contributed by atoms with Crippen molar-refractivity contribution in [3.8, 4) is 17.2 Å². The highest BCUT2D eigenvalue weighted by Gasteiger charge is 2.49. The molecule has 218 valence electrons. The summed E-state index contributed by atoms with van der Waals surface area (Å²) in [6, 6.07) is 10.8. The van der Waals surface area contributed by atoms with Gasteiger partial charge in [-0.25, -0.2) is 4.98 Å². The Morgan fingerprint density at radius 3 is 2.71 bits per heavy atom. The minimum absolute atomic E-state index is 0.213. The highest BCUT2D eigenvalue weighted by Crippen LogP contribution is 2.53. The molecular formula is C31H32F3N7O. The van der Waals surface area contributed by atoms with Gasteiger partial charge in [0, 0.05) is 39.0 Å². The monoisotopic (exact) mass is 575 g/mol. The standard InChI is InChI=1S/C31H32F3N7O/c1-20-5-4-10-40(16-20)17-22-11-26(31(32,33)34)27-36-15-25(28(42)41(27)18-22)23-6-3-7-24(12-23)30(13-21(14-30)8-9-35)29-38-37-19-39(29)2/h3,6-7,11-12,15,18-21H,4-5,8,10,13-14,16-17H2,1-2H3/t20-,21?,30?/m0/s1. The van der Waals surface area contributed by atoms with Crippen molar-refractivity contribution in [2.24, 2.45) is 18.9 Å². The summed E-state index contributed by atoms with van der Waals surface area (Å²) in [7, 11) is 1.87. The smallest absolute Gasteiger partial charge is 0.320 e. The number of fused-ring (bicyclic) bond motifs is 1. The lowest BCUT2D eigenvalue weighted by Gasteiger charge is -2.46. The molecule has 42 heavy (non-hydrogen) atoms. The van der Waals surface area contributed by atoms with Crippen LogP contribution in [0.15, 0.2) is 53.8 Å². The minimum atomic E-state index is -4.66. The third kappa shape index (κ3) is 4.98. The second-order valence-electron chi connectivity index (χ2n) is 12.0. The van der Waals surface area contributed by atoms with Crippen LogP contribution in [-0.2, 0) is 25.2 Å². The van der Waals surface area contributed by atoms with Gasteiger partial charge in [0.25, 0.3) is 5.56 Å². The summed E-state index contributed by atoms with van der Waals surface area (Å²) in [5.41, 5.74) is -0.234. The average molecular weight is 576 g/mol. The van der Waals surface area contributed by atoms with Crippen molar-refractivity contribution in [2.75, 3.05) is 13.1 Å². The van der Waals surface area contributed by atoms with E-state index < -0.39 is 28.4 Å². The quantitative estimate of drug-likeness (QED) is 0.308. The molecule has 0 amide bonds.